The second-order valence-corrected chi connectivity index (χ2v) is 10.7. The summed E-state index contributed by atoms with van der Waals surface area (Å²) in [5, 5.41) is 3.05. The minimum Gasteiger partial charge on any atom is -0.462 e. The van der Waals surface area contributed by atoms with Crippen molar-refractivity contribution in [2.24, 2.45) is 0 Å². The van der Waals surface area contributed by atoms with Crippen molar-refractivity contribution < 1.29 is 27.5 Å². The molecule has 0 spiro atoms. The molecular weight excluding hydrogens is 440 g/mol. The summed E-state index contributed by atoms with van der Waals surface area (Å²) in [6, 6.07) is 6.68. The number of benzene rings is 1. The molecule has 2 aliphatic heterocycles. The first kappa shape index (κ1) is 21.5. The molecule has 0 atom stereocenters. The number of hydrogen-bond acceptors (Lipinski definition) is 7. The fourth-order valence-electron chi connectivity index (χ4n) is 3.82. The second kappa shape index (κ2) is 8.43. The lowest BCUT2D eigenvalue weighted by atomic mass is 10.1. The Balaban J connectivity index is 1.59. The van der Waals surface area contributed by atoms with Gasteiger partial charge in [0, 0.05) is 29.1 Å². The van der Waals surface area contributed by atoms with Crippen molar-refractivity contribution >= 4 is 49.6 Å². The molecule has 8 nitrogen and oxygen atoms in total. The zero-order valence-electron chi connectivity index (χ0n) is 17.0. The fourth-order valence-corrected chi connectivity index (χ4v) is 6.85. The zero-order valence-corrected chi connectivity index (χ0v) is 18.6. The average Bonchev–Trinajstić information content (AvgIpc) is 3.30. The smallest absolute Gasteiger partial charge is 0.341 e. The van der Waals surface area contributed by atoms with E-state index in [0.717, 1.165) is 23.4 Å². The highest BCUT2D eigenvalue weighted by molar-refractivity contribution is 7.90. The van der Waals surface area contributed by atoms with Crippen molar-refractivity contribution in [3.63, 3.8) is 0 Å². The van der Waals surface area contributed by atoms with Crippen LogP contribution in [0, 0.1) is 0 Å². The molecule has 10 heteroatoms. The van der Waals surface area contributed by atoms with Crippen molar-refractivity contribution in [1.29, 1.82) is 0 Å². The number of hydrogen-bond donors (Lipinski definition) is 1. The van der Waals surface area contributed by atoms with Crippen molar-refractivity contribution in [3.8, 4) is 0 Å². The molecule has 1 aromatic carbocycles. The normalized spacial score (nSPS) is 17.3. The predicted molar refractivity (Wildman–Crippen MR) is 117 cm³/mol. The average molecular weight is 463 g/mol. The van der Waals surface area contributed by atoms with Gasteiger partial charge in [-0.1, -0.05) is 0 Å². The van der Waals surface area contributed by atoms with E-state index in [1.54, 1.807) is 36.1 Å². The monoisotopic (exact) mass is 462 g/mol. The molecule has 0 bridgehead atoms. The number of anilines is 2. The van der Waals surface area contributed by atoms with Crippen LogP contribution in [-0.4, -0.2) is 45.1 Å². The third-order valence-corrected chi connectivity index (χ3v) is 8.21. The molecule has 4 rings (SSSR count). The molecule has 164 valence electrons. The summed E-state index contributed by atoms with van der Waals surface area (Å²) in [7, 11) is -3.22. The lowest BCUT2D eigenvalue weighted by Crippen LogP contribution is -2.23. The largest absolute Gasteiger partial charge is 0.462 e. The van der Waals surface area contributed by atoms with Crippen LogP contribution < -0.4 is 10.2 Å². The van der Waals surface area contributed by atoms with Gasteiger partial charge in [0.2, 0.25) is 5.91 Å². The molecule has 0 radical (unpaired) electrons. The van der Waals surface area contributed by atoms with Crippen LogP contribution >= 0.6 is 11.3 Å². The lowest BCUT2D eigenvalue weighted by molar-refractivity contribution is -0.117. The van der Waals surface area contributed by atoms with E-state index >= 15 is 0 Å². The van der Waals surface area contributed by atoms with Crippen molar-refractivity contribution in [1.82, 2.24) is 0 Å². The first-order chi connectivity index (χ1) is 14.8. The third-order valence-electron chi connectivity index (χ3n) is 5.33. The molecule has 1 saturated heterocycles. The van der Waals surface area contributed by atoms with Gasteiger partial charge in [0.1, 0.15) is 5.00 Å². The molecule has 0 aliphatic carbocycles. The van der Waals surface area contributed by atoms with Crippen LogP contribution in [0.5, 0.6) is 0 Å². The number of carbonyl (C=O) groups is 3. The minimum absolute atomic E-state index is 0.0345. The van der Waals surface area contributed by atoms with Gasteiger partial charge in [0.05, 0.1) is 23.7 Å². The van der Waals surface area contributed by atoms with Gasteiger partial charge in [-0.3, -0.25) is 9.59 Å². The second-order valence-electron chi connectivity index (χ2n) is 7.42. The fraction of sp³-hybridized carbons (Fsp3) is 0.381. The molecular formula is C21H22N2O6S2. The van der Waals surface area contributed by atoms with Crippen LogP contribution in [0.1, 0.15) is 50.9 Å². The summed E-state index contributed by atoms with van der Waals surface area (Å²) in [5.41, 5.74) is 1.98. The SMILES string of the molecule is CCOC(=O)c1c(NC(=O)c2ccc(N3CCCC3=O)cc2)sc2c1CCS(=O)(=O)C2. The van der Waals surface area contributed by atoms with Gasteiger partial charge in [-0.15, -0.1) is 11.3 Å². The highest BCUT2D eigenvalue weighted by Gasteiger charge is 2.32. The van der Waals surface area contributed by atoms with Crippen LogP contribution in [0.4, 0.5) is 10.7 Å². The molecule has 0 unspecified atom stereocenters. The van der Waals surface area contributed by atoms with E-state index in [0.29, 0.717) is 34.0 Å². The summed E-state index contributed by atoms with van der Waals surface area (Å²) in [5.74, 6) is -1.11. The summed E-state index contributed by atoms with van der Waals surface area (Å²) in [6.07, 6.45) is 1.56. The number of rotatable bonds is 5. The predicted octanol–water partition coefficient (Wildman–Crippen LogP) is 2.77. The number of esters is 1. The van der Waals surface area contributed by atoms with E-state index in [1.807, 2.05) is 0 Å². The highest BCUT2D eigenvalue weighted by atomic mass is 32.2. The maximum Gasteiger partial charge on any atom is 0.341 e. The van der Waals surface area contributed by atoms with Gasteiger partial charge in [0.25, 0.3) is 5.91 Å². The summed E-state index contributed by atoms with van der Waals surface area (Å²) in [4.78, 5) is 39.5. The number of ether oxygens (including phenoxy) is 1. The van der Waals surface area contributed by atoms with Gasteiger partial charge in [0.15, 0.2) is 9.84 Å². The van der Waals surface area contributed by atoms with Gasteiger partial charge >= 0.3 is 5.97 Å². The Bertz CT molecular complexity index is 1150. The van der Waals surface area contributed by atoms with Gasteiger partial charge in [-0.2, -0.15) is 0 Å². The van der Waals surface area contributed by atoms with Crippen LogP contribution in [0.2, 0.25) is 0 Å². The number of sulfone groups is 1. The number of amides is 2. The Morgan fingerprint density at radius 1 is 1.19 bits per heavy atom. The molecule has 2 aliphatic rings. The van der Waals surface area contributed by atoms with Crippen LogP contribution in [-0.2, 0) is 31.5 Å². The maximum absolute atomic E-state index is 12.8. The number of carbonyl (C=O) groups excluding carboxylic acids is 3. The van der Waals surface area contributed by atoms with Gasteiger partial charge in [-0.05, 0) is 49.6 Å². The molecule has 2 aromatic rings. The first-order valence-electron chi connectivity index (χ1n) is 10.0. The molecule has 3 heterocycles. The Labute approximate surface area is 184 Å². The Hall–Kier alpha value is -2.72. The quantitative estimate of drug-likeness (QED) is 0.685. The first-order valence-corrected chi connectivity index (χ1v) is 12.7. The Kier molecular flexibility index (Phi) is 5.85. The van der Waals surface area contributed by atoms with E-state index in [2.05, 4.69) is 5.32 Å². The number of nitrogens with one attached hydrogen (secondary N) is 1. The van der Waals surface area contributed by atoms with Crippen LogP contribution in [0.25, 0.3) is 0 Å². The maximum atomic E-state index is 12.8. The molecule has 0 saturated carbocycles. The van der Waals surface area contributed by atoms with E-state index in [4.69, 9.17) is 4.74 Å². The Morgan fingerprint density at radius 3 is 2.58 bits per heavy atom. The Morgan fingerprint density at radius 2 is 1.94 bits per heavy atom. The van der Waals surface area contributed by atoms with Crippen molar-refractivity contribution in [2.45, 2.75) is 31.9 Å². The van der Waals surface area contributed by atoms with Gasteiger partial charge in [-0.25, -0.2) is 13.2 Å². The summed E-state index contributed by atoms with van der Waals surface area (Å²) in [6.45, 7) is 2.52. The summed E-state index contributed by atoms with van der Waals surface area (Å²) < 4.78 is 29.2. The number of nitrogens with zero attached hydrogens (tertiary/aromatic N) is 1. The van der Waals surface area contributed by atoms with E-state index in [9.17, 15) is 22.8 Å². The molecule has 2 amide bonds. The van der Waals surface area contributed by atoms with Crippen molar-refractivity contribution in [2.75, 3.05) is 29.1 Å². The number of fused-ring (bicyclic) bond motifs is 1. The third kappa shape index (κ3) is 4.35. The number of thiophene rings is 1. The lowest BCUT2D eigenvalue weighted by Gasteiger charge is -2.16. The standard InChI is InChI=1S/C21H22N2O6S2/c1-2-29-21(26)18-15-9-11-31(27,28)12-16(15)30-20(18)22-19(25)13-5-7-14(8-6-13)23-10-3-4-17(23)24/h5-8H,2-4,9-12H2,1H3,(H,22,25). The molecule has 1 N–H and O–H groups in total. The topological polar surface area (TPSA) is 110 Å². The zero-order chi connectivity index (χ0) is 22.2. The van der Waals surface area contributed by atoms with Gasteiger partial charge < -0.3 is 15.0 Å². The molecule has 31 heavy (non-hydrogen) atoms. The highest BCUT2D eigenvalue weighted by Crippen LogP contribution is 2.38. The van der Waals surface area contributed by atoms with Crippen molar-refractivity contribution in [3.05, 3.63) is 45.8 Å². The van der Waals surface area contributed by atoms with E-state index < -0.39 is 21.7 Å². The minimum atomic E-state index is -3.22. The van der Waals surface area contributed by atoms with Crippen LogP contribution in [0.15, 0.2) is 24.3 Å². The van der Waals surface area contributed by atoms with E-state index in [1.165, 1.54) is 0 Å². The molecule has 1 fully saturated rings. The molecule has 1 aromatic heterocycles. The van der Waals surface area contributed by atoms with Crippen LogP contribution in [0.3, 0.4) is 0 Å². The summed E-state index contributed by atoms with van der Waals surface area (Å²) >= 11 is 1.10. The van der Waals surface area contributed by atoms with E-state index in [-0.39, 0.29) is 36.0 Å².